The van der Waals surface area contributed by atoms with Crippen LogP contribution in [0.3, 0.4) is 0 Å². The Balaban J connectivity index is 1.82. The van der Waals surface area contributed by atoms with Crippen molar-refractivity contribution in [2.24, 2.45) is 0 Å². The first-order valence-corrected chi connectivity index (χ1v) is 5.87. The van der Waals surface area contributed by atoms with E-state index in [0.717, 1.165) is 19.4 Å². The number of ether oxygens (including phenoxy) is 1. The van der Waals surface area contributed by atoms with E-state index >= 15 is 0 Å². The normalized spacial score (nSPS) is 19.9. The summed E-state index contributed by atoms with van der Waals surface area (Å²) in [6, 6.07) is 3.28. The summed E-state index contributed by atoms with van der Waals surface area (Å²) in [7, 11) is 0. The average molecular weight is 235 g/mol. The van der Waals surface area contributed by atoms with Crippen molar-refractivity contribution in [3.8, 4) is 0 Å². The number of rotatable bonds is 3. The van der Waals surface area contributed by atoms with Gasteiger partial charge in [0.2, 0.25) is 0 Å². The van der Waals surface area contributed by atoms with E-state index in [1.54, 1.807) is 12.1 Å². The largest absolute Gasteiger partial charge is 0.384 e. The number of hydrogen-bond donors (Lipinski definition) is 2. The van der Waals surface area contributed by atoms with Gasteiger partial charge in [-0.15, -0.1) is 0 Å². The molecule has 92 valence electrons. The van der Waals surface area contributed by atoms with E-state index in [9.17, 15) is 4.79 Å². The van der Waals surface area contributed by atoms with Crippen molar-refractivity contribution in [3.05, 3.63) is 23.9 Å². The van der Waals surface area contributed by atoms with E-state index in [-0.39, 0.29) is 12.0 Å². The molecule has 1 saturated heterocycles. The van der Waals surface area contributed by atoms with Crippen LogP contribution in [0.15, 0.2) is 18.3 Å². The molecule has 0 bridgehead atoms. The van der Waals surface area contributed by atoms with E-state index < -0.39 is 0 Å². The van der Waals surface area contributed by atoms with E-state index in [0.29, 0.717) is 17.9 Å². The van der Waals surface area contributed by atoms with Gasteiger partial charge in [0.25, 0.3) is 5.91 Å². The predicted octanol–water partition coefficient (Wildman–Crippen LogP) is 0.963. The molecule has 5 heteroatoms. The summed E-state index contributed by atoms with van der Waals surface area (Å²) in [5, 5.41) is 2.84. The van der Waals surface area contributed by atoms with Crippen molar-refractivity contribution < 1.29 is 9.53 Å². The number of anilines is 1. The fraction of sp³-hybridized carbons (Fsp3) is 0.500. The SMILES string of the molecule is Nc1ccc(C(=O)NCC2CCCCO2)cn1. The van der Waals surface area contributed by atoms with Crippen LogP contribution in [-0.2, 0) is 4.74 Å². The lowest BCUT2D eigenvalue weighted by atomic mass is 10.1. The fourth-order valence-corrected chi connectivity index (χ4v) is 1.82. The quantitative estimate of drug-likeness (QED) is 0.818. The molecule has 0 aromatic carbocycles. The van der Waals surface area contributed by atoms with Gasteiger partial charge in [0.1, 0.15) is 5.82 Å². The third kappa shape index (κ3) is 3.42. The molecule has 1 aromatic heterocycles. The number of nitrogens with two attached hydrogens (primary N) is 1. The third-order valence-corrected chi connectivity index (χ3v) is 2.81. The molecule has 1 aliphatic heterocycles. The van der Waals surface area contributed by atoms with Gasteiger partial charge in [0, 0.05) is 19.3 Å². The van der Waals surface area contributed by atoms with Gasteiger partial charge >= 0.3 is 0 Å². The monoisotopic (exact) mass is 235 g/mol. The molecule has 0 spiro atoms. The van der Waals surface area contributed by atoms with Crippen molar-refractivity contribution in [1.82, 2.24) is 10.3 Å². The van der Waals surface area contributed by atoms with E-state index in [4.69, 9.17) is 10.5 Å². The topological polar surface area (TPSA) is 77.2 Å². The summed E-state index contributed by atoms with van der Waals surface area (Å²) in [6.07, 6.45) is 4.93. The van der Waals surface area contributed by atoms with Crippen LogP contribution in [0.5, 0.6) is 0 Å². The van der Waals surface area contributed by atoms with Crippen molar-refractivity contribution in [3.63, 3.8) is 0 Å². The zero-order valence-electron chi connectivity index (χ0n) is 9.69. The number of carbonyl (C=O) groups is 1. The Morgan fingerprint density at radius 2 is 2.41 bits per heavy atom. The Labute approximate surface area is 100 Å². The lowest BCUT2D eigenvalue weighted by Crippen LogP contribution is -2.35. The minimum atomic E-state index is -0.133. The number of amides is 1. The first-order chi connectivity index (χ1) is 8.25. The van der Waals surface area contributed by atoms with Crippen molar-refractivity contribution in [2.75, 3.05) is 18.9 Å². The number of nitrogen functional groups attached to an aromatic ring is 1. The van der Waals surface area contributed by atoms with Crippen LogP contribution in [0.4, 0.5) is 5.82 Å². The molecule has 0 saturated carbocycles. The molecule has 0 radical (unpaired) electrons. The molecule has 1 amide bonds. The third-order valence-electron chi connectivity index (χ3n) is 2.81. The highest BCUT2D eigenvalue weighted by molar-refractivity contribution is 5.94. The molecule has 1 atom stereocenters. The molecule has 1 fully saturated rings. The minimum Gasteiger partial charge on any atom is -0.384 e. The Morgan fingerprint density at radius 1 is 1.53 bits per heavy atom. The number of pyridine rings is 1. The van der Waals surface area contributed by atoms with Crippen molar-refractivity contribution >= 4 is 11.7 Å². The molecule has 2 rings (SSSR count). The summed E-state index contributed by atoms with van der Waals surface area (Å²) in [4.78, 5) is 15.6. The lowest BCUT2D eigenvalue weighted by Gasteiger charge is -2.22. The molecule has 5 nitrogen and oxygen atoms in total. The van der Waals surface area contributed by atoms with Gasteiger partial charge in [-0.3, -0.25) is 4.79 Å². The highest BCUT2D eigenvalue weighted by atomic mass is 16.5. The fourth-order valence-electron chi connectivity index (χ4n) is 1.82. The molecule has 1 aliphatic rings. The molecule has 17 heavy (non-hydrogen) atoms. The van der Waals surface area contributed by atoms with Crippen LogP contribution in [0.25, 0.3) is 0 Å². The maximum atomic E-state index is 11.8. The number of aromatic nitrogens is 1. The first-order valence-electron chi connectivity index (χ1n) is 5.87. The standard InChI is InChI=1S/C12H17N3O2/c13-11-5-4-9(7-14-11)12(16)15-8-10-3-1-2-6-17-10/h4-5,7,10H,1-3,6,8H2,(H2,13,14)(H,15,16). The molecular formula is C12H17N3O2. The second-order valence-corrected chi connectivity index (χ2v) is 4.17. The molecule has 1 aromatic rings. The smallest absolute Gasteiger partial charge is 0.252 e. The summed E-state index contributed by atoms with van der Waals surface area (Å²) >= 11 is 0. The summed E-state index contributed by atoms with van der Waals surface area (Å²) in [6.45, 7) is 1.35. The Bertz CT molecular complexity index is 372. The molecular weight excluding hydrogens is 218 g/mol. The van der Waals surface area contributed by atoms with Gasteiger partial charge in [0.05, 0.1) is 11.7 Å². The Kier molecular flexibility index (Phi) is 3.93. The highest BCUT2D eigenvalue weighted by Crippen LogP contribution is 2.11. The van der Waals surface area contributed by atoms with E-state index in [2.05, 4.69) is 10.3 Å². The summed E-state index contributed by atoms with van der Waals surface area (Å²) in [5.41, 5.74) is 5.98. The molecule has 1 unspecified atom stereocenters. The van der Waals surface area contributed by atoms with Gasteiger partial charge in [-0.25, -0.2) is 4.98 Å². The molecule has 3 N–H and O–H groups in total. The van der Waals surface area contributed by atoms with Gasteiger partial charge in [-0.05, 0) is 31.4 Å². The summed E-state index contributed by atoms with van der Waals surface area (Å²) in [5.74, 6) is 0.281. The number of nitrogens with zero attached hydrogens (tertiary/aromatic N) is 1. The maximum Gasteiger partial charge on any atom is 0.252 e. The van der Waals surface area contributed by atoms with Gasteiger partial charge in [0.15, 0.2) is 0 Å². The van der Waals surface area contributed by atoms with Crippen molar-refractivity contribution in [1.29, 1.82) is 0 Å². The lowest BCUT2D eigenvalue weighted by molar-refractivity contribution is 0.0169. The van der Waals surface area contributed by atoms with Crippen LogP contribution >= 0.6 is 0 Å². The van der Waals surface area contributed by atoms with Crippen LogP contribution in [0.2, 0.25) is 0 Å². The van der Waals surface area contributed by atoms with Gasteiger partial charge in [-0.1, -0.05) is 0 Å². The van der Waals surface area contributed by atoms with Crippen LogP contribution in [-0.4, -0.2) is 30.1 Å². The predicted molar refractivity (Wildman–Crippen MR) is 64.6 cm³/mol. The van der Waals surface area contributed by atoms with E-state index in [1.165, 1.54) is 12.6 Å². The second kappa shape index (κ2) is 5.63. The Morgan fingerprint density at radius 3 is 3.06 bits per heavy atom. The summed E-state index contributed by atoms with van der Waals surface area (Å²) < 4.78 is 5.53. The maximum absolute atomic E-state index is 11.8. The first kappa shape index (κ1) is 11.9. The number of carbonyl (C=O) groups excluding carboxylic acids is 1. The van der Waals surface area contributed by atoms with Gasteiger partial charge in [-0.2, -0.15) is 0 Å². The number of hydrogen-bond acceptors (Lipinski definition) is 4. The zero-order chi connectivity index (χ0) is 12.1. The van der Waals surface area contributed by atoms with E-state index in [1.807, 2.05) is 0 Å². The molecule has 2 heterocycles. The van der Waals surface area contributed by atoms with Crippen LogP contribution in [0, 0.1) is 0 Å². The van der Waals surface area contributed by atoms with Crippen LogP contribution in [0.1, 0.15) is 29.6 Å². The molecule has 0 aliphatic carbocycles. The minimum absolute atomic E-state index is 0.133. The van der Waals surface area contributed by atoms with Gasteiger partial charge < -0.3 is 15.8 Å². The Hall–Kier alpha value is -1.62. The average Bonchev–Trinajstić information content (AvgIpc) is 2.38. The zero-order valence-corrected chi connectivity index (χ0v) is 9.69. The van der Waals surface area contributed by atoms with Crippen LogP contribution < -0.4 is 11.1 Å². The second-order valence-electron chi connectivity index (χ2n) is 4.17. The van der Waals surface area contributed by atoms with Crippen molar-refractivity contribution in [2.45, 2.75) is 25.4 Å². The number of nitrogens with one attached hydrogen (secondary N) is 1. The highest BCUT2D eigenvalue weighted by Gasteiger charge is 2.15.